The number of amides is 2. The van der Waals surface area contributed by atoms with Gasteiger partial charge < -0.3 is 15.5 Å². The Labute approximate surface area is 146 Å². The van der Waals surface area contributed by atoms with Crippen LogP contribution < -0.4 is 15.5 Å². The minimum atomic E-state index is -0.0947. The van der Waals surface area contributed by atoms with Gasteiger partial charge in [-0.2, -0.15) is 0 Å². The first-order valence-electron chi connectivity index (χ1n) is 8.00. The van der Waals surface area contributed by atoms with Crippen LogP contribution in [0.25, 0.3) is 0 Å². The molecule has 6 heteroatoms. The van der Waals surface area contributed by atoms with Gasteiger partial charge in [0.25, 0.3) is 11.8 Å². The van der Waals surface area contributed by atoms with Crippen LogP contribution in [0.2, 0.25) is 0 Å². The number of thiophene rings is 1. The first-order valence-corrected chi connectivity index (χ1v) is 8.88. The molecular formula is C18H24N3O2S+. The number of hydrogen-bond acceptors (Lipinski definition) is 3. The van der Waals surface area contributed by atoms with Crippen molar-refractivity contribution < 1.29 is 14.5 Å². The zero-order valence-electron chi connectivity index (χ0n) is 14.1. The lowest BCUT2D eigenvalue weighted by Crippen LogP contribution is -3.11. The van der Waals surface area contributed by atoms with E-state index >= 15 is 0 Å². The molecule has 0 spiro atoms. The van der Waals surface area contributed by atoms with Gasteiger partial charge in [0.05, 0.1) is 7.05 Å². The van der Waals surface area contributed by atoms with Crippen LogP contribution in [0.15, 0.2) is 41.8 Å². The molecule has 1 aromatic carbocycles. The molecule has 128 valence electrons. The summed E-state index contributed by atoms with van der Waals surface area (Å²) in [5, 5.41) is 7.77. The molecule has 24 heavy (non-hydrogen) atoms. The zero-order chi connectivity index (χ0) is 17.4. The van der Waals surface area contributed by atoms with E-state index in [0.717, 1.165) is 22.6 Å². The molecule has 2 amide bonds. The summed E-state index contributed by atoms with van der Waals surface area (Å²) in [4.78, 5) is 26.0. The Hall–Kier alpha value is -2.18. The number of benzene rings is 1. The fourth-order valence-electron chi connectivity index (χ4n) is 2.30. The molecule has 1 heterocycles. The van der Waals surface area contributed by atoms with E-state index in [1.165, 1.54) is 4.88 Å². The fraction of sp³-hybridized carbons (Fsp3) is 0.333. The van der Waals surface area contributed by atoms with Crippen LogP contribution in [0.3, 0.4) is 0 Å². The van der Waals surface area contributed by atoms with Gasteiger partial charge in [-0.05, 0) is 36.9 Å². The van der Waals surface area contributed by atoms with E-state index in [0.29, 0.717) is 6.54 Å². The Kier molecular flexibility index (Phi) is 6.96. The van der Waals surface area contributed by atoms with E-state index in [-0.39, 0.29) is 24.9 Å². The van der Waals surface area contributed by atoms with Gasteiger partial charge >= 0.3 is 0 Å². The van der Waals surface area contributed by atoms with Crippen LogP contribution in [0.1, 0.15) is 10.4 Å². The summed E-state index contributed by atoms with van der Waals surface area (Å²) in [6, 6.07) is 11.7. The van der Waals surface area contributed by atoms with Crippen molar-refractivity contribution in [2.24, 2.45) is 0 Å². The molecule has 1 aromatic heterocycles. The second-order valence-corrected chi connectivity index (χ2v) is 6.94. The molecule has 0 fully saturated rings. The Bertz CT molecular complexity index is 653. The van der Waals surface area contributed by atoms with E-state index in [9.17, 15) is 9.59 Å². The van der Waals surface area contributed by atoms with Crippen LogP contribution in [0, 0.1) is 6.92 Å². The Morgan fingerprint density at radius 1 is 1.08 bits per heavy atom. The summed E-state index contributed by atoms with van der Waals surface area (Å²) >= 11 is 1.69. The molecule has 3 N–H and O–H groups in total. The Balaban J connectivity index is 1.65. The predicted molar refractivity (Wildman–Crippen MR) is 97.5 cm³/mol. The highest BCUT2D eigenvalue weighted by atomic mass is 32.1. The third-order valence-corrected chi connectivity index (χ3v) is 4.47. The maximum Gasteiger partial charge on any atom is 0.279 e. The third-order valence-electron chi connectivity index (χ3n) is 3.53. The molecule has 1 unspecified atom stereocenters. The van der Waals surface area contributed by atoms with Gasteiger partial charge in [0.2, 0.25) is 0 Å². The average molecular weight is 346 g/mol. The molecule has 2 rings (SSSR count). The summed E-state index contributed by atoms with van der Waals surface area (Å²) in [5.74, 6) is -0.130. The van der Waals surface area contributed by atoms with Crippen LogP contribution >= 0.6 is 11.3 Å². The summed E-state index contributed by atoms with van der Waals surface area (Å²) in [5.41, 5.74) is 1.92. The van der Waals surface area contributed by atoms with Crippen molar-refractivity contribution in [3.63, 3.8) is 0 Å². The summed E-state index contributed by atoms with van der Waals surface area (Å²) < 4.78 is 0. The van der Waals surface area contributed by atoms with Crippen molar-refractivity contribution in [2.75, 3.05) is 32.0 Å². The first kappa shape index (κ1) is 18.2. The van der Waals surface area contributed by atoms with Crippen molar-refractivity contribution in [1.29, 1.82) is 0 Å². The van der Waals surface area contributed by atoms with Crippen molar-refractivity contribution in [3.05, 3.63) is 52.2 Å². The summed E-state index contributed by atoms with van der Waals surface area (Å²) in [7, 11) is 1.84. The molecule has 0 aliphatic rings. The zero-order valence-corrected chi connectivity index (χ0v) is 14.9. The van der Waals surface area contributed by atoms with Crippen molar-refractivity contribution in [3.8, 4) is 0 Å². The summed E-state index contributed by atoms with van der Waals surface area (Å²) in [6.45, 7) is 3.17. The third kappa shape index (κ3) is 6.52. The summed E-state index contributed by atoms with van der Waals surface area (Å²) in [6.07, 6.45) is 0.844. The van der Waals surface area contributed by atoms with Gasteiger partial charge in [-0.3, -0.25) is 9.59 Å². The molecule has 1 atom stereocenters. The van der Waals surface area contributed by atoms with Gasteiger partial charge in [0.1, 0.15) is 0 Å². The smallest absolute Gasteiger partial charge is 0.279 e. The second-order valence-electron chi connectivity index (χ2n) is 5.90. The minimum absolute atomic E-state index is 0.0350. The van der Waals surface area contributed by atoms with E-state index in [1.54, 1.807) is 11.3 Å². The maximum absolute atomic E-state index is 12.0. The lowest BCUT2D eigenvalue weighted by molar-refractivity contribution is -0.862. The highest BCUT2D eigenvalue weighted by molar-refractivity contribution is 7.09. The van der Waals surface area contributed by atoms with Gasteiger partial charge in [-0.15, -0.1) is 11.3 Å². The molecule has 0 aliphatic heterocycles. The number of anilines is 1. The highest BCUT2D eigenvalue weighted by Crippen LogP contribution is 2.08. The topological polar surface area (TPSA) is 62.6 Å². The fourth-order valence-corrected chi connectivity index (χ4v) is 3.00. The SMILES string of the molecule is Cc1ccc(NC(=O)C[NH+](C)CC(=O)NCCc2cccs2)cc1. The largest absolute Gasteiger partial charge is 0.351 e. The van der Waals surface area contributed by atoms with Gasteiger partial charge in [0.15, 0.2) is 13.1 Å². The predicted octanol–water partition coefficient (Wildman–Crippen LogP) is 0.869. The van der Waals surface area contributed by atoms with Crippen molar-refractivity contribution in [2.45, 2.75) is 13.3 Å². The monoisotopic (exact) mass is 346 g/mol. The molecule has 0 radical (unpaired) electrons. The van der Waals surface area contributed by atoms with Crippen molar-refractivity contribution in [1.82, 2.24) is 5.32 Å². The number of rotatable bonds is 8. The second kappa shape index (κ2) is 9.20. The minimum Gasteiger partial charge on any atom is -0.351 e. The number of carbonyl (C=O) groups is 2. The van der Waals surface area contributed by atoms with E-state index < -0.39 is 0 Å². The molecule has 2 aromatic rings. The Morgan fingerprint density at radius 2 is 1.79 bits per heavy atom. The maximum atomic E-state index is 12.0. The van der Waals surface area contributed by atoms with Crippen LogP contribution in [-0.4, -0.2) is 38.5 Å². The standard InChI is InChI=1S/C18H23N3O2S/c1-14-5-7-15(8-6-14)20-18(23)13-21(2)12-17(22)19-10-9-16-4-3-11-24-16/h3-8,11H,9-10,12-13H2,1-2H3,(H,19,22)(H,20,23)/p+1. The molecule has 0 saturated carbocycles. The number of aryl methyl sites for hydroxylation is 1. The van der Waals surface area contributed by atoms with Gasteiger partial charge in [-0.25, -0.2) is 0 Å². The Morgan fingerprint density at radius 3 is 2.46 bits per heavy atom. The average Bonchev–Trinajstić information content (AvgIpc) is 3.02. The van der Waals surface area contributed by atoms with Crippen LogP contribution in [0.4, 0.5) is 5.69 Å². The van der Waals surface area contributed by atoms with E-state index in [2.05, 4.69) is 16.7 Å². The van der Waals surface area contributed by atoms with Crippen LogP contribution in [0.5, 0.6) is 0 Å². The highest BCUT2D eigenvalue weighted by Gasteiger charge is 2.14. The lowest BCUT2D eigenvalue weighted by Gasteiger charge is -2.13. The molecule has 0 aliphatic carbocycles. The lowest BCUT2D eigenvalue weighted by atomic mass is 10.2. The van der Waals surface area contributed by atoms with Gasteiger partial charge in [-0.1, -0.05) is 23.8 Å². The molecule has 0 saturated heterocycles. The number of hydrogen-bond donors (Lipinski definition) is 3. The number of likely N-dealkylation sites (N-methyl/N-ethyl adjacent to an activating group) is 1. The molecular weight excluding hydrogens is 322 g/mol. The molecule has 0 bridgehead atoms. The molecule has 5 nitrogen and oxygen atoms in total. The number of nitrogens with one attached hydrogen (secondary N) is 3. The quantitative estimate of drug-likeness (QED) is 0.664. The number of carbonyl (C=O) groups excluding carboxylic acids is 2. The van der Waals surface area contributed by atoms with Crippen LogP contribution in [-0.2, 0) is 16.0 Å². The first-order chi connectivity index (χ1) is 11.5. The number of quaternary nitrogens is 1. The van der Waals surface area contributed by atoms with Gasteiger partial charge in [0, 0.05) is 17.1 Å². The van der Waals surface area contributed by atoms with E-state index in [1.807, 2.05) is 49.7 Å². The van der Waals surface area contributed by atoms with E-state index in [4.69, 9.17) is 0 Å². The van der Waals surface area contributed by atoms with Crippen molar-refractivity contribution >= 4 is 28.8 Å². The normalized spacial score (nSPS) is 11.8.